The van der Waals surface area contributed by atoms with Gasteiger partial charge >= 0.3 is 0 Å². The van der Waals surface area contributed by atoms with Crippen LogP contribution in [0.15, 0.2) is 54.6 Å². The van der Waals surface area contributed by atoms with Crippen LogP contribution < -0.4 is 16.0 Å². The molecule has 2 atom stereocenters. The third kappa shape index (κ3) is 3.63. The number of hydrogen-bond acceptors (Lipinski definition) is 3. The van der Waals surface area contributed by atoms with E-state index in [4.69, 9.17) is 10.6 Å². The second-order valence-corrected chi connectivity index (χ2v) is 5.04. The van der Waals surface area contributed by atoms with Crippen molar-refractivity contribution in [2.45, 2.75) is 32.2 Å². The molecule has 0 aliphatic rings. The molecule has 0 radical (unpaired) electrons. The van der Waals surface area contributed by atoms with E-state index in [-0.39, 0.29) is 6.04 Å². The lowest BCUT2D eigenvalue weighted by Crippen LogP contribution is -2.32. The van der Waals surface area contributed by atoms with E-state index in [1.807, 2.05) is 31.2 Å². The minimum Gasteiger partial charge on any atom is -0.494 e. The van der Waals surface area contributed by atoms with Gasteiger partial charge in [-0.2, -0.15) is 0 Å². The molecule has 2 rings (SSSR count). The first-order chi connectivity index (χ1) is 10.3. The fourth-order valence-electron chi connectivity index (χ4n) is 2.81. The molecule has 3 nitrogen and oxygen atoms in total. The van der Waals surface area contributed by atoms with Gasteiger partial charge in [-0.25, -0.2) is 0 Å². The molecule has 0 spiro atoms. The van der Waals surface area contributed by atoms with Crippen LogP contribution in [-0.2, 0) is 0 Å². The number of hydrogen-bond donors (Lipinski definition) is 2. The van der Waals surface area contributed by atoms with Gasteiger partial charge in [0, 0.05) is 11.5 Å². The zero-order valence-corrected chi connectivity index (χ0v) is 12.8. The second-order valence-electron chi connectivity index (χ2n) is 5.04. The number of hydrazine groups is 1. The van der Waals surface area contributed by atoms with Crippen LogP contribution in [0.3, 0.4) is 0 Å². The van der Waals surface area contributed by atoms with Gasteiger partial charge < -0.3 is 4.74 Å². The van der Waals surface area contributed by atoms with Crippen LogP contribution in [0, 0.1) is 0 Å². The van der Waals surface area contributed by atoms with Gasteiger partial charge in [0.25, 0.3) is 0 Å². The summed E-state index contributed by atoms with van der Waals surface area (Å²) in [5, 5.41) is 0. The average molecular weight is 284 g/mol. The molecule has 0 bridgehead atoms. The first-order valence-corrected chi connectivity index (χ1v) is 7.54. The summed E-state index contributed by atoms with van der Waals surface area (Å²) in [6.07, 6.45) is 0.999. The van der Waals surface area contributed by atoms with Gasteiger partial charge in [-0.05, 0) is 25.0 Å². The molecule has 0 aromatic heterocycles. The topological polar surface area (TPSA) is 47.3 Å². The minimum atomic E-state index is 0.0279. The molecule has 0 saturated heterocycles. The van der Waals surface area contributed by atoms with Gasteiger partial charge in [-0.3, -0.25) is 11.3 Å². The van der Waals surface area contributed by atoms with E-state index >= 15 is 0 Å². The Bertz CT molecular complexity index is 542. The maximum Gasteiger partial charge on any atom is 0.124 e. The number of benzene rings is 2. The molecule has 0 amide bonds. The normalized spacial score (nSPS) is 13.7. The third-order valence-corrected chi connectivity index (χ3v) is 3.80. The van der Waals surface area contributed by atoms with Crippen LogP contribution >= 0.6 is 0 Å². The molecule has 0 saturated carbocycles. The molecule has 0 aliphatic heterocycles. The van der Waals surface area contributed by atoms with E-state index in [1.54, 1.807) is 0 Å². The highest BCUT2D eigenvalue weighted by atomic mass is 16.5. The van der Waals surface area contributed by atoms with Crippen molar-refractivity contribution in [3.63, 3.8) is 0 Å². The highest BCUT2D eigenvalue weighted by Gasteiger charge is 2.24. The zero-order valence-electron chi connectivity index (χ0n) is 12.8. The lowest BCUT2D eigenvalue weighted by atomic mass is 9.85. The summed E-state index contributed by atoms with van der Waals surface area (Å²) >= 11 is 0. The molecule has 21 heavy (non-hydrogen) atoms. The number of nitrogens with one attached hydrogen (secondary N) is 1. The zero-order chi connectivity index (χ0) is 15.1. The predicted molar refractivity (Wildman–Crippen MR) is 87.1 cm³/mol. The summed E-state index contributed by atoms with van der Waals surface area (Å²) in [4.78, 5) is 0. The lowest BCUT2D eigenvalue weighted by Gasteiger charge is -2.28. The van der Waals surface area contributed by atoms with Crippen molar-refractivity contribution < 1.29 is 4.74 Å². The number of nitrogens with two attached hydrogens (primary N) is 1. The summed E-state index contributed by atoms with van der Waals surface area (Å²) in [6, 6.07) is 18.6. The first kappa shape index (κ1) is 15.5. The Kier molecular flexibility index (Phi) is 5.78. The number of para-hydroxylation sites is 1. The average Bonchev–Trinajstić information content (AvgIpc) is 2.54. The maximum atomic E-state index is 5.88. The third-order valence-electron chi connectivity index (χ3n) is 3.80. The van der Waals surface area contributed by atoms with Gasteiger partial charge in [0.05, 0.1) is 12.6 Å². The molecule has 112 valence electrons. The largest absolute Gasteiger partial charge is 0.494 e. The summed E-state index contributed by atoms with van der Waals surface area (Å²) in [5.41, 5.74) is 5.38. The van der Waals surface area contributed by atoms with E-state index in [9.17, 15) is 0 Å². The van der Waals surface area contributed by atoms with Crippen molar-refractivity contribution in [2.24, 2.45) is 5.84 Å². The van der Waals surface area contributed by atoms with E-state index in [1.165, 1.54) is 5.56 Å². The quantitative estimate of drug-likeness (QED) is 0.601. The van der Waals surface area contributed by atoms with Crippen LogP contribution in [0.25, 0.3) is 0 Å². The smallest absolute Gasteiger partial charge is 0.124 e. The highest BCUT2D eigenvalue weighted by Crippen LogP contribution is 2.37. The Morgan fingerprint density at radius 2 is 1.67 bits per heavy atom. The number of rotatable bonds is 7. The van der Waals surface area contributed by atoms with E-state index in [0.29, 0.717) is 12.5 Å². The molecule has 0 aliphatic carbocycles. The lowest BCUT2D eigenvalue weighted by molar-refractivity contribution is 0.326. The SMILES string of the molecule is CCOc1ccccc1C(NN)C(CC)c1ccccc1. The van der Waals surface area contributed by atoms with Crippen LogP contribution in [0.1, 0.15) is 43.4 Å². The Morgan fingerprint density at radius 1 is 1.00 bits per heavy atom. The van der Waals surface area contributed by atoms with Gasteiger partial charge in [0.1, 0.15) is 5.75 Å². The van der Waals surface area contributed by atoms with Gasteiger partial charge in [0.15, 0.2) is 0 Å². The molecular weight excluding hydrogens is 260 g/mol. The second kappa shape index (κ2) is 7.81. The molecule has 0 fully saturated rings. The molecular formula is C18H24N2O. The Morgan fingerprint density at radius 3 is 2.29 bits per heavy atom. The van der Waals surface area contributed by atoms with Crippen LogP contribution in [-0.4, -0.2) is 6.61 Å². The first-order valence-electron chi connectivity index (χ1n) is 7.54. The summed E-state index contributed by atoms with van der Waals surface area (Å²) in [6.45, 7) is 4.83. The predicted octanol–water partition coefficient (Wildman–Crippen LogP) is 3.78. The number of ether oxygens (including phenoxy) is 1. The van der Waals surface area contributed by atoms with Crippen molar-refractivity contribution in [2.75, 3.05) is 6.61 Å². The van der Waals surface area contributed by atoms with Crippen molar-refractivity contribution in [1.29, 1.82) is 0 Å². The van der Waals surface area contributed by atoms with Crippen molar-refractivity contribution in [3.8, 4) is 5.75 Å². The monoisotopic (exact) mass is 284 g/mol. The van der Waals surface area contributed by atoms with Crippen LogP contribution in [0.2, 0.25) is 0 Å². The van der Waals surface area contributed by atoms with Gasteiger partial charge in [-0.15, -0.1) is 0 Å². The molecule has 2 aromatic rings. The Balaban J connectivity index is 2.38. The molecule has 2 aromatic carbocycles. The van der Waals surface area contributed by atoms with Crippen molar-refractivity contribution in [1.82, 2.24) is 5.43 Å². The fourth-order valence-corrected chi connectivity index (χ4v) is 2.81. The fraction of sp³-hybridized carbons (Fsp3) is 0.333. The summed E-state index contributed by atoms with van der Waals surface area (Å²) in [5.74, 6) is 7.08. The maximum absolute atomic E-state index is 5.88. The van der Waals surface area contributed by atoms with Crippen LogP contribution in [0.5, 0.6) is 5.75 Å². The van der Waals surface area contributed by atoms with Gasteiger partial charge in [0.2, 0.25) is 0 Å². The molecule has 0 heterocycles. The Labute approximate surface area is 127 Å². The molecule has 3 heteroatoms. The van der Waals surface area contributed by atoms with Gasteiger partial charge in [-0.1, -0.05) is 55.5 Å². The van der Waals surface area contributed by atoms with Crippen molar-refractivity contribution >= 4 is 0 Å². The van der Waals surface area contributed by atoms with E-state index < -0.39 is 0 Å². The summed E-state index contributed by atoms with van der Waals surface area (Å²) < 4.78 is 5.75. The standard InChI is InChI=1S/C18H24N2O/c1-3-15(14-10-6-5-7-11-14)18(20-19)16-12-8-9-13-17(16)21-4-2/h5-13,15,18,20H,3-4,19H2,1-2H3. The molecule has 2 unspecified atom stereocenters. The van der Waals surface area contributed by atoms with Crippen LogP contribution in [0.4, 0.5) is 0 Å². The highest BCUT2D eigenvalue weighted by molar-refractivity contribution is 5.38. The van der Waals surface area contributed by atoms with E-state index in [0.717, 1.165) is 17.7 Å². The molecule has 3 N–H and O–H groups in total. The minimum absolute atomic E-state index is 0.0279. The Hall–Kier alpha value is -1.84. The summed E-state index contributed by atoms with van der Waals surface area (Å²) in [7, 11) is 0. The van der Waals surface area contributed by atoms with E-state index in [2.05, 4.69) is 42.7 Å². The van der Waals surface area contributed by atoms with Crippen molar-refractivity contribution in [3.05, 3.63) is 65.7 Å².